The largest absolute Gasteiger partial charge is 0.465 e. The molecular formula is C8H11I2NO2. The number of hydrogen-bond acceptors (Lipinski definition) is 1. The number of alkyl halides is 2. The monoisotopic (exact) mass is 407 g/mol. The van der Waals surface area contributed by atoms with Crippen molar-refractivity contribution in [2.45, 2.75) is 27.7 Å². The molecule has 0 aliphatic carbocycles. The summed E-state index contributed by atoms with van der Waals surface area (Å²) in [5, 5.41) is 10.9. The van der Waals surface area contributed by atoms with Crippen LogP contribution in [0.25, 0.3) is 0 Å². The van der Waals surface area contributed by atoms with Crippen molar-refractivity contribution in [3.8, 4) is 11.8 Å². The zero-order chi connectivity index (χ0) is 10.3. The Morgan fingerprint density at radius 1 is 1.54 bits per heavy atom. The van der Waals surface area contributed by atoms with Crippen LogP contribution in [-0.2, 0) is 0 Å². The van der Waals surface area contributed by atoms with Gasteiger partial charge in [-0.1, -0.05) is 70.4 Å². The minimum Gasteiger partial charge on any atom is -0.465 e. The molecule has 0 aliphatic rings. The van der Waals surface area contributed by atoms with Gasteiger partial charge in [-0.2, -0.15) is 0 Å². The van der Waals surface area contributed by atoms with E-state index in [1.165, 1.54) is 0 Å². The van der Waals surface area contributed by atoms with Crippen molar-refractivity contribution in [1.82, 2.24) is 5.32 Å². The summed E-state index contributed by atoms with van der Waals surface area (Å²) < 4.78 is 0.227. The lowest BCUT2D eigenvalue weighted by molar-refractivity contribution is 0.192. The van der Waals surface area contributed by atoms with Gasteiger partial charge in [0.2, 0.25) is 0 Å². The molecule has 1 amide bonds. The molecule has 0 aromatic carbocycles. The standard InChI is InChI=1S/C8H11I2NO2/c1-2-3-6(11-8(12)13)4-5-7(9)10/h6-7,11H,2-3H2,1H3,(H,12,13). The third-order valence-electron chi connectivity index (χ3n) is 1.24. The van der Waals surface area contributed by atoms with Gasteiger partial charge in [0, 0.05) is 0 Å². The van der Waals surface area contributed by atoms with Gasteiger partial charge in [-0.05, 0) is 6.42 Å². The minimum atomic E-state index is -1.01. The van der Waals surface area contributed by atoms with E-state index in [4.69, 9.17) is 5.11 Å². The first-order chi connectivity index (χ1) is 6.06. The summed E-state index contributed by atoms with van der Waals surface area (Å²) >= 11 is 4.35. The molecule has 3 nitrogen and oxygen atoms in total. The van der Waals surface area contributed by atoms with Crippen LogP contribution in [-0.4, -0.2) is 19.2 Å². The van der Waals surface area contributed by atoms with Crippen molar-refractivity contribution < 1.29 is 9.90 Å². The van der Waals surface area contributed by atoms with E-state index in [0.29, 0.717) is 0 Å². The second-order valence-electron chi connectivity index (χ2n) is 2.38. The summed E-state index contributed by atoms with van der Waals surface area (Å²) in [5.74, 6) is 5.83. The molecule has 2 N–H and O–H groups in total. The number of carbonyl (C=O) groups is 1. The summed E-state index contributed by atoms with van der Waals surface area (Å²) in [7, 11) is 0. The fourth-order valence-electron chi connectivity index (χ4n) is 0.782. The summed E-state index contributed by atoms with van der Waals surface area (Å²) in [4.78, 5) is 10.3. The summed E-state index contributed by atoms with van der Waals surface area (Å²) in [6.07, 6.45) is 0.678. The number of hydrogen-bond donors (Lipinski definition) is 2. The maximum Gasteiger partial charge on any atom is 0.405 e. The third-order valence-corrected chi connectivity index (χ3v) is 1.86. The van der Waals surface area contributed by atoms with E-state index < -0.39 is 6.09 Å². The molecule has 0 rings (SSSR count). The van der Waals surface area contributed by atoms with Gasteiger partial charge in [0.05, 0.1) is 6.04 Å². The SMILES string of the molecule is CCCC(C#CC(I)I)NC(=O)O. The van der Waals surface area contributed by atoms with Crippen molar-refractivity contribution in [1.29, 1.82) is 0 Å². The second kappa shape index (κ2) is 7.67. The Kier molecular flexibility index (Phi) is 7.84. The Hall–Kier alpha value is 0.290. The van der Waals surface area contributed by atoms with Gasteiger partial charge in [-0.15, -0.1) is 0 Å². The first-order valence-electron chi connectivity index (χ1n) is 3.85. The number of nitrogens with one attached hydrogen (secondary N) is 1. The highest BCUT2D eigenvalue weighted by Crippen LogP contribution is 2.07. The van der Waals surface area contributed by atoms with Crippen LogP contribution in [0.1, 0.15) is 19.8 Å². The fraction of sp³-hybridized carbons (Fsp3) is 0.625. The van der Waals surface area contributed by atoms with Crippen molar-refractivity contribution >= 4 is 51.3 Å². The number of rotatable bonds is 3. The molecular weight excluding hydrogens is 396 g/mol. The highest BCUT2D eigenvalue weighted by Gasteiger charge is 2.06. The van der Waals surface area contributed by atoms with Crippen LogP contribution < -0.4 is 5.32 Å². The number of halogens is 2. The lowest BCUT2D eigenvalue weighted by Gasteiger charge is -2.08. The molecule has 0 aromatic rings. The zero-order valence-electron chi connectivity index (χ0n) is 7.18. The van der Waals surface area contributed by atoms with Crippen LogP contribution in [0.3, 0.4) is 0 Å². The van der Waals surface area contributed by atoms with E-state index in [9.17, 15) is 4.79 Å². The van der Waals surface area contributed by atoms with E-state index in [-0.39, 0.29) is 7.97 Å². The van der Waals surface area contributed by atoms with E-state index in [1.807, 2.05) is 6.92 Å². The van der Waals surface area contributed by atoms with Crippen LogP contribution in [0, 0.1) is 11.8 Å². The van der Waals surface area contributed by atoms with Gasteiger partial charge in [0.15, 0.2) is 0 Å². The molecule has 0 heterocycles. The Labute approximate surface area is 105 Å². The normalized spacial score (nSPS) is 11.7. The zero-order valence-corrected chi connectivity index (χ0v) is 11.5. The predicted molar refractivity (Wildman–Crippen MR) is 69.5 cm³/mol. The minimum absolute atomic E-state index is 0.227. The van der Waals surface area contributed by atoms with Crippen molar-refractivity contribution in [3.05, 3.63) is 0 Å². The van der Waals surface area contributed by atoms with E-state index in [1.54, 1.807) is 0 Å². The van der Waals surface area contributed by atoms with Crippen LogP contribution >= 0.6 is 45.2 Å². The topological polar surface area (TPSA) is 49.3 Å². The molecule has 0 bridgehead atoms. The van der Waals surface area contributed by atoms with Gasteiger partial charge in [-0.3, -0.25) is 0 Å². The predicted octanol–water partition coefficient (Wildman–Crippen LogP) is 2.62. The first kappa shape index (κ1) is 13.3. The van der Waals surface area contributed by atoms with Crippen LogP contribution in [0.5, 0.6) is 0 Å². The van der Waals surface area contributed by atoms with E-state index in [0.717, 1.165) is 12.8 Å². The summed E-state index contributed by atoms with van der Waals surface area (Å²) in [6, 6.07) is -0.227. The first-order valence-corrected chi connectivity index (χ1v) is 6.34. The second-order valence-corrected chi connectivity index (χ2v) is 7.25. The average molecular weight is 407 g/mol. The summed E-state index contributed by atoms with van der Waals surface area (Å²) in [6.45, 7) is 2.00. The van der Waals surface area contributed by atoms with Gasteiger partial charge < -0.3 is 10.4 Å². The van der Waals surface area contributed by atoms with Gasteiger partial charge in [0.25, 0.3) is 0 Å². The molecule has 0 aromatic heterocycles. The van der Waals surface area contributed by atoms with Gasteiger partial charge in [0.1, 0.15) is 1.93 Å². The maximum atomic E-state index is 10.3. The van der Waals surface area contributed by atoms with E-state index >= 15 is 0 Å². The molecule has 0 spiro atoms. The lowest BCUT2D eigenvalue weighted by Crippen LogP contribution is -2.32. The van der Waals surface area contributed by atoms with Crippen LogP contribution in [0.4, 0.5) is 4.79 Å². The average Bonchev–Trinajstić information content (AvgIpc) is 1.99. The maximum absolute atomic E-state index is 10.3. The molecule has 0 saturated heterocycles. The van der Waals surface area contributed by atoms with Crippen LogP contribution in [0.2, 0.25) is 0 Å². The molecule has 0 aliphatic heterocycles. The highest BCUT2D eigenvalue weighted by molar-refractivity contribution is 14.2. The molecule has 5 heteroatoms. The summed E-state index contributed by atoms with van der Waals surface area (Å²) in [5.41, 5.74) is 0. The molecule has 0 fully saturated rings. The van der Waals surface area contributed by atoms with Crippen molar-refractivity contribution in [2.24, 2.45) is 0 Å². The van der Waals surface area contributed by atoms with Crippen molar-refractivity contribution in [3.63, 3.8) is 0 Å². The van der Waals surface area contributed by atoms with Crippen LogP contribution in [0.15, 0.2) is 0 Å². The fourth-order valence-corrected chi connectivity index (χ4v) is 1.14. The molecule has 0 radical (unpaired) electrons. The molecule has 74 valence electrons. The number of carboxylic acid groups (broad SMARTS) is 1. The molecule has 1 unspecified atom stereocenters. The lowest BCUT2D eigenvalue weighted by atomic mass is 10.2. The quantitative estimate of drug-likeness (QED) is 0.430. The van der Waals surface area contributed by atoms with Crippen molar-refractivity contribution in [2.75, 3.05) is 0 Å². The van der Waals surface area contributed by atoms with Gasteiger partial charge >= 0.3 is 6.09 Å². The Bertz CT molecular complexity index is 220. The van der Waals surface area contributed by atoms with Gasteiger partial charge in [-0.25, -0.2) is 4.79 Å². The smallest absolute Gasteiger partial charge is 0.405 e. The molecule has 13 heavy (non-hydrogen) atoms. The molecule has 0 saturated carbocycles. The molecule has 1 atom stereocenters. The Morgan fingerprint density at radius 2 is 2.15 bits per heavy atom. The van der Waals surface area contributed by atoms with E-state index in [2.05, 4.69) is 62.3 Å². The Balaban J connectivity index is 4.11. The third kappa shape index (κ3) is 8.62. The number of amides is 1. The highest BCUT2D eigenvalue weighted by atomic mass is 127. The Morgan fingerprint density at radius 3 is 2.54 bits per heavy atom.